The SMILES string of the molecule is O=C(NC1CCC(c2ccc(F)cc2)C1)c1n[nH]c2c1CCC2. The second-order valence-corrected chi connectivity index (χ2v) is 6.61. The molecule has 1 heterocycles. The van der Waals surface area contributed by atoms with E-state index in [9.17, 15) is 9.18 Å². The minimum absolute atomic E-state index is 0.0610. The van der Waals surface area contributed by atoms with E-state index in [0.717, 1.165) is 55.3 Å². The average molecular weight is 313 g/mol. The van der Waals surface area contributed by atoms with E-state index in [1.54, 1.807) is 0 Å². The highest BCUT2D eigenvalue weighted by molar-refractivity contribution is 5.94. The minimum atomic E-state index is -0.205. The maximum absolute atomic E-state index is 13.0. The molecule has 4 rings (SSSR count). The zero-order chi connectivity index (χ0) is 15.8. The van der Waals surface area contributed by atoms with Crippen molar-refractivity contribution in [3.63, 3.8) is 0 Å². The zero-order valence-corrected chi connectivity index (χ0v) is 12.9. The Labute approximate surface area is 134 Å². The Hall–Kier alpha value is -2.17. The second kappa shape index (κ2) is 5.80. The van der Waals surface area contributed by atoms with Crippen LogP contribution in [-0.2, 0) is 12.8 Å². The van der Waals surface area contributed by atoms with Crippen molar-refractivity contribution in [1.82, 2.24) is 15.5 Å². The molecule has 2 unspecified atom stereocenters. The largest absolute Gasteiger partial charge is 0.348 e. The van der Waals surface area contributed by atoms with Crippen LogP contribution in [0.25, 0.3) is 0 Å². The van der Waals surface area contributed by atoms with E-state index in [1.807, 2.05) is 12.1 Å². The van der Waals surface area contributed by atoms with Gasteiger partial charge in [-0.2, -0.15) is 5.10 Å². The number of nitrogens with one attached hydrogen (secondary N) is 2. The zero-order valence-electron chi connectivity index (χ0n) is 12.9. The van der Waals surface area contributed by atoms with E-state index in [0.29, 0.717) is 11.6 Å². The maximum Gasteiger partial charge on any atom is 0.272 e. The first-order valence-corrected chi connectivity index (χ1v) is 8.33. The lowest BCUT2D eigenvalue weighted by molar-refractivity contribution is 0.0931. The predicted molar refractivity (Wildman–Crippen MR) is 84.9 cm³/mol. The van der Waals surface area contributed by atoms with E-state index in [-0.39, 0.29) is 17.8 Å². The van der Waals surface area contributed by atoms with Crippen molar-refractivity contribution < 1.29 is 9.18 Å². The molecule has 0 spiro atoms. The molecule has 23 heavy (non-hydrogen) atoms. The number of hydrogen-bond donors (Lipinski definition) is 2. The normalized spacial score (nSPS) is 23.0. The monoisotopic (exact) mass is 313 g/mol. The summed E-state index contributed by atoms with van der Waals surface area (Å²) in [5.74, 6) is 0.129. The molecule has 0 saturated heterocycles. The number of fused-ring (bicyclic) bond motifs is 1. The van der Waals surface area contributed by atoms with Gasteiger partial charge in [-0.1, -0.05) is 12.1 Å². The third-order valence-electron chi connectivity index (χ3n) is 5.13. The molecule has 5 heteroatoms. The smallest absolute Gasteiger partial charge is 0.272 e. The summed E-state index contributed by atoms with van der Waals surface area (Å²) in [6, 6.07) is 6.89. The molecule has 2 aliphatic rings. The van der Waals surface area contributed by atoms with Gasteiger partial charge < -0.3 is 5.32 Å². The molecular weight excluding hydrogens is 293 g/mol. The van der Waals surface area contributed by atoms with Gasteiger partial charge in [0.05, 0.1) is 0 Å². The number of halogens is 1. The first kappa shape index (κ1) is 14.4. The number of H-pyrrole nitrogens is 1. The Kier molecular flexibility index (Phi) is 3.63. The summed E-state index contributed by atoms with van der Waals surface area (Å²) in [6.45, 7) is 0. The van der Waals surface area contributed by atoms with Crippen LogP contribution in [0.3, 0.4) is 0 Å². The highest BCUT2D eigenvalue weighted by Crippen LogP contribution is 2.34. The summed E-state index contributed by atoms with van der Waals surface area (Å²) in [5, 5.41) is 10.3. The number of rotatable bonds is 3. The maximum atomic E-state index is 13.0. The number of aromatic nitrogens is 2. The number of aromatic amines is 1. The van der Waals surface area contributed by atoms with Crippen LogP contribution < -0.4 is 5.32 Å². The van der Waals surface area contributed by atoms with Crippen molar-refractivity contribution in [2.75, 3.05) is 0 Å². The topological polar surface area (TPSA) is 57.8 Å². The van der Waals surface area contributed by atoms with Crippen LogP contribution in [0.4, 0.5) is 4.39 Å². The molecule has 2 atom stereocenters. The van der Waals surface area contributed by atoms with Gasteiger partial charge >= 0.3 is 0 Å². The van der Waals surface area contributed by atoms with Crippen LogP contribution in [0.1, 0.15) is 58.9 Å². The molecule has 4 nitrogen and oxygen atoms in total. The third kappa shape index (κ3) is 2.76. The van der Waals surface area contributed by atoms with Crippen molar-refractivity contribution in [2.24, 2.45) is 0 Å². The molecule has 1 aromatic carbocycles. The molecule has 2 N–H and O–H groups in total. The molecule has 1 fully saturated rings. The Morgan fingerprint density at radius 1 is 1.22 bits per heavy atom. The summed E-state index contributed by atoms with van der Waals surface area (Å²) in [7, 11) is 0. The van der Waals surface area contributed by atoms with Gasteiger partial charge in [-0.05, 0) is 62.1 Å². The Balaban J connectivity index is 1.40. The van der Waals surface area contributed by atoms with Gasteiger partial charge in [0.2, 0.25) is 0 Å². The lowest BCUT2D eigenvalue weighted by Gasteiger charge is -2.13. The van der Waals surface area contributed by atoms with Crippen molar-refractivity contribution in [1.29, 1.82) is 0 Å². The van der Waals surface area contributed by atoms with Crippen LogP contribution in [0, 0.1) is 5.82 Å². The third-order valence-corrected chi connectivity index (χ3v) is 5.13. The van der Waals surface area contributed by atoms with Gasteiger partial charge in [0.1, 0.15) is 5.82 Å². The van der Waals surface area contributed by atoms with Crippen molar-refractivity contribution in [3.05, 3.63) is 52.6 Å². The number of amides is 1. The standard InChI is InChI=1S/C18H20FN3O/c19-13-7-4-11(5-8-13)12-6-9-14(10-12)20-18(23)17-15-2-1-3-16(15)21-22-17/h4-5,7-8,12,14H,1-3,6,9-10H2,(H,20,23)(H,21,22). The fourth-order valence-electron chi connectivity index (χ4n) is 3.91. The van der Waals surface area contributed by atoms with E-state index >= 15 is 0 Å². The fourth-order valence-corrected chi connectivity index (χ4v) is 3.91. The summed E-state index contributed by atoms with van der Waals surface area (Å²) >= 11 is 0. The average Bonchev–Trinajstić information content (AvgIpc) is 3.23. The molecule has 2 aliphatic carbocycles. The first-order chi connectivity index (χ1) is 11.2. The van der Waals surface area contributed by atoms with Crippen LogP contribution in [-0.4, -0.2) is 22.1 Å². The van der Waals surface area contributed by atoms with E-state index < -0.39 is 0 Å². The Morgan fingerprint density at radius 2 is 2.04 bits per heavy atom. The van der Waals surface area contributed by atoms with Gasteiger partial charge in [0, 0.05) is 17.3 Å². The molecule has 1 aromatic heterocycles. The summed E-state index contributed by atoms with van der Waals surface area (Å²) in [4.78, 5) is 12.5. The van der Waals surface area contributed by atoms with E-state index in [1.165, 1.54) is 12.1 Å². The number of benzene rings is 1. The van der Waals surface area contributed by atoms with Crippen LogP contribution in [0.15, 0.2) is 24.3 Å². The molecule has 0 radical (unpaired) electrons. The molecule has 2 aromatic rings. The molecule has 120 valence electrons. The van der Waals surface area contributed by atoms with Crippen molar-refractivity contribution in [3.8, 4) is 0 Å². The number of nitrogens with zero attached hydrogens (tertiary/aromatic N) is 1. The molecule has 0 bridgehead atoms. The molecular formula is C18H20FN3O. The quantitative estimate of drug-likeness (QED) is 0.915. The van der Waals surface area contributed by atoms with E-state index in [4.69, 9.17) is 0 Å². The summed E-state index contributed by atoms with van der Waals surface area (Å²) < 4.78 is 13.0. The number of hydrogen-bond acceptors (Lipinski definition) is 2. The van der Waals surface area contributed by atoms with Gasteiger partial charge in [-0.25, -0.2) is 4.39 Å². The highest BCUT2D eigenvalue weighted by Gasteiger charge is 2.29. The van der Waals surface area contributed by atoms with Crippen molar-refractivity contribution in [2.45, 2.75) is 50.5 Å². The van der Waals surface area contributed by atoms with Crippen LogP contribution in [0.5, 0.6) is 0 Å². The number of carbonyl (C=O) groups excluding carboxylic acids is 1. The highest BCUT2D eigenvalue weighted by atomic mass is 19.1. The predicted octanol–water partition coefficient (Wildman–Crippen LogP) is 3.10. The first-order valence-electron chi connectivity index (χ1n) is 8.33. The minimum Gasteiger partial charge on any atom is -0.348 e. The van der Waals surface area contributed by atoms with Gasteiger partial charge in [-0.15, -0.1) is 0 Å². The number of carbonyl (C=O) groups is 1. The molecule has 1 amide bonds. The lowest BCUT2D eigenvalue weighted by atomic mass is 9.97. The van der Waals surface area contributed by atoms with Gasteiger partial charge in [0.15, 0.2) is 5.69 Å². The van der Waals surface area contributed by atoms with Crippen molar-refractivity contribution >= 4 is 5.91 Å². The van der Waals surface area contributed by atoms with Gasteiger partial charge in [-0.3, -0.25) is 9.89 Å². The Bertz CT molecular complexity index is 722. The molecule has 0 aliphatic heterocycles. The second-order valence-electron chi connectivity index (χ2n) is 6.61. The fraction of sp³-hybridized carbons (Fsp3) is 0.444. The van der Waals surface area contributed by atoms with Crippen LogP contribution >= 0.6 is 0 Å². The van der Waals surface area contributed by atoms with Gasteiger partial charge in [0.25, 0.3) is 5.91 Å². The van der Waals surface area contributed by atoms with Crippen LogP contribution in [0.2, 0.25) is 0 Å². The molecule has 1 saturated carbocycles. The Morgan fingerprint density at radius 3 is 2.87 bits per heavy atom. The lowest BCUT2D eigenvalue weighted by Crippen LogP contribution is -2.33. The van der Waals surface area contributed by atoms with E-state index in [2.05, 4.69) is 15.5 Å². The summed E-state index contributed by atoms with van der Waals surface area (Å²) in [5.41, 5.74) is 3.94. The number of aryl methyl sites for hydroxylation is 1. The summed E-state index contributed by atoms with van der Waals surface area (Å²) in [6.07, 6.45) is 5.92.